The molecule has 86 valence electrons. The van der Waals surface area contributed by atoms with E-state index in [1.165, 1.54) is 12.1 Å². The van der Waals surface area contributed by atoms with Crippen molar-refractivity contribution in [1.82, 2.24) is 0 Å². The third-order valence-corrected chi connectivity index (χ3v) is 2.45. The first-order valence-electron chi connectivity index (χ1n) is 5.24. The molecule has 0 bridgehead atoms. The van der Waals surface area contributed by atoms with Crippen LogP contribution >= 0.6 is 0 Å². The standard InChI is InChI=1S/C14H12FNO/c1-9-5-11(7-12(15)6-9)14(17)10-3-2-4-13(16)8-10/h2-8H,16H2,1H3. The summed E-state index contributed by atoms with van der Waals surface area (Å²) in [7, 11) is 0. The summed E-state index contributed by atoms with van der Waals surface area (Å²) in [5.41, 5.74) is 7.65. The van der Waals surface area contributed by atoms with Crippen molar-refractivity contribution >= 4 is 11.5 Å². The summed E-state index contributed by atoms with van der Waals surface area (Å²) in [6.07, 6.45) is 0. The van der Waals surface area contributed by atoms with Gasteiger partial charge >= 0.3 is 0 Å². The zero-order valence-electron chi connectivity index (χ0n) is 9.41. The zero-order valence-corrected chi connectivity index (χ0v) is 9.41. The smallest absolute Gasteiger partial charge is 0.193 e. The molecule has 2 nitrogen and oxygen atoms in total. The molecule has 0 atom stereocenters. The van der Waals surface area contributed by atoms with Gasteiger partial charge in [0.15, 0.2) is 5.78 Å². The van der Waals surface area contributed by atoms with E-state index in [0.29, 0.717) is 16.8 Å². The Hall–Kier alpha value is -2.16. The van der Waals surface area contributed by atoms with Crippen LogP contribution in [0.4, 0.5) is 10.1 Å². The molecule has 0 aromatic heterocycles. The molecule has 2 aromatic carbocycles. The van der Waals surface area contributed by atoms with E-state index in [1.807, 2.05) is 0 Å². The quantitative estimate of drug-likeness (QED) is 0.635. The number of hydrogen-bond donors (Lipinski definition) is 1. The average molecular weight is 229 g/mol. The van der Waals surface area contributed by atoms with Crippen molar-refractivity contribution in [2.45, 2.75) is 6.92 Å². The molecule has 0 radical (unpaired) electrons. The molecule has 2 rings (SSSR count). The van der Waals surface area contributed by atoms with Crippen molar-refractivity contribution in [3.05, 3.63) is 65.0 Å². The highest BCUT2D eigenvalue weighted by molar-refractivity contribution is 6.09. The van der Waals surface area contributed by atoms with Gasteiger partial charge in [0.1, 0.15) is 5.82 Å². The van der Waals surface area contributed by atoms with Crippen LogP contribution in [0.1, 0.15) is 21.5 Å². The molecule has 0 aliphatic rings. The zero-order chi connectivity index (χ0) is 12.4. The van der Waals surface area contributed by atoms with Gasteiger partial charge in [-0.15, -0.1) is 0 Å². The molecule has 0 saturated carbocycles. The molecule has 17 heavy (non-hydrogen) atoms. The van der Waals surface area contributed by atoms with Gasteiger partial charge in [-0.2, -0.15) is 0 Å². The minimum absolute atomic E-state index is 0.222. The Kier molecular flexibility index (Phi) is 2.91. The third-order valence-electron chi connectivity index (χ3n) is 2.45. The van der Waals surface area contributed by atoms with Gasteiger partial charge in [0.05, 0.1) is 0 Å². The van der Waals surface area contributed by atoms with Crippen LogP contribution in [0.5, 0.6) is 0 Å². The predicted molar refractivity (Wildman–Crippen MR) is 65.4 cm³/mol. The van der Waals surface area contributed by atoms with Gasteiger partial charge in [-0.3, -0.25) is 4.79 Å². The highest BCUT2D eigenvalue weighted by atomic mass is 19.1. The fourth-order valence-electron chi connectivity index (χ4n) is 1.71. The number of carbonyl (C=O) groups excluding carboxylic acids is 1. The van der Waals surface area contributed by atoms with Crippen LogP contribution in [0, 0.1) is 12.7 Å². The first kappa shape index (κ1) is 11.3. The van der Waals surface area contributed by atoms with Crippen molar-refractivity contribution in [2.24, 2.45) is 0 Å². The number of nitrogens with two attached hydrogens (primary N) is 1. The van der Waals surface area contributed by atoms with Crippen molar-refractivity contribution < 1.29 is 9.18 Å². The lowest BCUT2D eigenvalue weighted by Crippen LogP contribution is -2.03. The highest BCUT2D eigenvalue weighted by Gasteiger charge is 2.10. The minimum atomic E-state index is -0.405. The lowest BCUT2D eigenvalue weighted by Gasteiger charge is -2.04. The van der Waals surface area contributed by atoms with Gasteiger partial charge in [0.2, 0.25) is 0 Å². The fraction of sp³-hybridized carbons (Fsp3) is 0.0714. The molecule has 0 unspecified atom stereocenters. The van der Waals surface area contributed by atoms with Gasteiger partial charge < -0.3 is 5.73 Å². The molecular weight excluding hydrogens is 217 g/mol. The van der Waals surface area contributed by atoms with Crippen LogP contribution in [0.25, 0.3) is 0 Å². The molecule has 0 aliphatic carbocycles. The Morgan fingerprint density at radius 3 is 2.53 bits per heavy atom. The molecule has 2 aromatic rings. The predicted octanol–water partition coefficient (Wildman–Crippen LogP) is 2.95. The van der Waals surface area contributed by atoms with Crippen molar-refractivity contribution in [1.29, 1.82) is 0 Å². The summed E-state index contributed by atoms with van der Waals surface area (Å²) in [6.45, 7) is 1.75. The summed E-state index contributed by atoms with van der Waals surface area (Å²) in [4.78, 5) is 12.1. The van der Waals surface area contributed by atoms with E-state index in [4.69, 9.17) is 5.73 Å². The topological polar surface area (TPSA) is 43.1 Å². The number of hydrogen-bond acceptors (Lipinski definition) is 2. The van der Waals surface area contributed by atoms with E-state index in [1.54, 1.807) is 37.3 Å². The van der Waals surface area contributed by atoms with E-state index in [2.05, 4.69) is 0 Å². The van der Waals surface area contributed by atoms with Crippen LogP contribution in [-0.2, 0) is 0 Å². The number of carbonyl (C=O) groups is 1. The normalized spacial score (nSPS) is 10.2. The number of rotatable bonds is 2. The second kappa shape index (κ2) is 4.37. The van der Waals surface area contributed by atoms with Gasteiger partial charge in [-0.1, -0.05) is 12.1 Å². The summed E-state index contributed by atoms with van der Waals surface area (Å²) in [6, 6.07) is 10.9. The average Bonchev–Trinajstić information content (AvgIpc) is 2.26. The van der Waals surface area contributed by atoms with Crippen molar-refractivity contribution in [2.75, 3.05) is 5.73 Å². The van der Waals surface area contributed by atoms with E-state index in [0.717, 1.165) is 5.56 Å². The van der Waals surface area contributed by atoms with E-state index in [9.17, 15) is 9.18 Å². The number of aryl methyl sites for hydroxylation is 1. The molecule has 0 saturated heterocycles. The van der Waals surface area contributed by atoms with Gasteiger partial charge in [0.25, 0.3) is 0 Å². The Morgan fingerprint density at radius 2 is 1.88 bits per heavy atom. The number of benzene rings is 2. The number of nitrogen functional groups attached to an aromatic ring is 1. The number of halogens is 1. The van der Waals surface area contributed by atoms with Gasteiger partial charge in [0, 0.05) is 16.8 Å². The molecule has 0 heterocycles. The minimum Gasteiger partial charge on any atom is -0.399 e. The second-order valence-electron chi connectivity index (χ2n) is 3.97. The van der Waals surface area contributed by atoms with E-state index < -0.39 is 5.82 Å². The van der Waals surface area contributed by atoms with Crippen LogP contribution in [0.15, 0.2) is 42.5 Å². The molecule has 0 aliphatic heterocycles. The molecule has 0 amide bonds. The maximum Gasteiger partial charge on any atom is 0.193 e. The monoisotopic (exact) mass is 229 g/mol. The van der Waals surface area contributed by atoms with Crippen LogP contribution in [0.3, 0.4) is 0 Å². The lowest BCUT2D eigenvalue weighted by atomic mass is 10.0. The third kappa shape index (κ3) is 2.50. The summed E-state index contributed by atoms with van der Waals surface area (Å²) in [5, 5.41) is 0. The SMILES string of the molecule is Cc1cc(F)cc(C(=O)c2cccc(N)c2)c1. The Morgan fingerprint density at radius 1 is 1.12 bits per heavy atom. The molecule has 2 N–H and O–H groups in total. The van der Waals surface area contributed by atoms with Crippen molar-refractivity contribution in [3.8, 4) is 0 Å². The lowest BCUT2D eigenvalue weighted by molar-refractivity contribution is 0.103. The summed E-state index contributed by atoms with van der Waals surface area (Å²) in [5.74, 6) is -0.628. The summed E-state index contributed by atoms with van der Waals surface area (Å²) >= 11 is 0. The maximum absolute atomic E-state index is 13.2. The van der Waals surface area contributed by atoms with E-state index in [-0.39, 0.29) is 5.78 Å². The Balaban J connectivity index is 2.43. The molecule has 0 spiro atoms. The van der Waals surface area contributed by atoms with Gasteiger partial charge in [-0.05, 0) is 42.8 Å². The second-order valence-corrected chi connectivity index (χ2v) is 3.97. The summed E-state index contributed by atoms with van der Waals surface area (Å²) < 4.78 is 13.2. The van der Waals surface area contributed by atoms with Crippen molar-refractivity contribution in [3.63, 3.8) is 0 Å². The van der Waals surface area contributed by atoms with Crippen LogP contribution in [-0.4, -0.2) is 5.78 Å². The molecule has 3 heteroatoms. The van der Waals surface area contributed by atoms with Gasteiger partial charge in [-0.25, -0.2) is 4.39 Å². The number of anilines is 1. The fourth-order valence-corrected chi connectivity index (χ4v) is 1.71. The first-order valence-corrected chi connectivity index (χ1v) is 5.24. The van der Waals surface area contributed by atoms with E-state index >= 15 is 0 Å². The Bertz CT molecular complexity index is 558. The maximum atomic E-state index is 13.2. The van der Waals surface area contributed by atoms with Crippen LogP contribution < -0.4 is 5.73 Å². The molecule has 0 fully saturated rings. The largest absolute Gasteiger partial charge is 0.399 e. The van der Waals surface area contributed by atoms with Crippen LogP contribution in [0.2, 0.25) is 0 Å². The Labute approximate surface area is 98.9 Å². The molecular formula is C14H12FNO. The number of ketones is 1. The first-order chi connectivity index (χ1) is 8.06. The highest BCUT2D eigenvalue weighted by Crippen LogP contribution is 2.15.